The molecule has 0 saturated heterocycles. The number of fused-ring (bicyclic) bond motifs is 1. The predicted octanol–water partition coefficient (Wildman–Crippen LogP) is 2.30. The third-order valence-corrected chi connectivity index (χ3v) is 3.73. The van der Waals surface area contributed by atoms with Crippen molar-refractivity contribution in [2.24, 2.45) is 0 Å². The van der Waals surface area contributed by atoms with Gasteiger partial charge < -0.3 is 5.32 Å². The van der Waals surface area contributed by atoms with Crippen molar-refractivity contribution in [1.82, 2.24) is 24.9 Å². The van der Waals surface area contributed by atoms with Crippen LogP contribution < -0.4 is 5.32 Å². The number of aryl methyl sites for hydroxylation is 2. The number of carbonyl (C=O) groups is 1. The van der Waals surface area contributed by atoms with Crippen LogP contribution in [0, 0.1) is 19.7 Å². The van der Waals surface area contributed by atoms with Crippen molar-refractivity contribution in [1.29, 1.82) is 0 Å². The minimum absolute atomic E-state index is 0.0629. The standard InChI is InChI=1S/C17H18FN5O/c1-10-8-11(2)23-17(19-10)21-15(22-23)9-16(24)20-12(3)13-4-6-14(18)7-5-13/h4-8,12H,9H2,1-3H3,(H,20,24)/t12-/m1/s1. The molecule has 1 N–H and O–H groups in total. The van der Waals surface area contributed by atoms with Gasteiger partial charge in [0.1, 0.15) is 5.82 Å². The maximum atomic E-state index is 13.0. The lowest BCUT2D eigenvalue weighted by atomic mass is 10.1. The van der Waals surface area contributed by atoms with E-state index in [1.807, 2.05) is 26.8 Å². The van der Waals surface area contributed by atoms with Gasteiger partial charge in [-0.05, 0) is 44.5 Å². The molecule has 3 rings (SSSR count). The Morgan fingerprint density at radius 2 is 1.96 bits per heavy atom. The van der Waals surface area contributed by atoms with E-state index in [0.29, 0.717) is 11.6 Å². The van der Waals surface area contributed by atoms with E-state index < -0.39 is 0 Å². The van der Waals surface area contributed by atoms with Crippen molar-refractivity contribution in [2.45, 2.75) is 33.2 Å². The molecular weight excluding hydrogens is 309 g/mol. The molecule has 1 amide bonds. The van der Waals surface area contributed by atoms with E-state index in [4.69, 9.17) is 0 Å². The van der Waals surface area contributed by atoms with Crippen LogP contribution in [0.4, 0.5) is 4.39 Å². The lowest BCUT2D eigenvalue weighted by Crippen LogP contribution is -2.28. The molecule has 0 saturated carbocycles. The summed E-state index contributed by atoms with van der Waals surface area (Å²) in [6.07, 6.45) is 0.0629. The molecule has 1 aromatic carbocycles. The Morgan fingerprint density at radius 1 is 1.25 bits per heavy atom. The van der Waals surface area contributed by atoms with Crippen LogP contribution in [-0.2, 0) is 11.2 Å². The highest BCUT2D eigenvalue weighted by molar-refractivity contribution is 5.78. The molecule has 2 heterocycles. The molecule has 2 aromatic heterocycles. The van der Waals surface area contributed by atoms with Crippen LogP contribution in [-0.4, -0.2) is 25.5 Å². The van der Waals surface area contributed by atoms with Crippen LogP contribution in [0.3, 0.4) is 0 Å². The Morgan fingerprint density at radius 3 is 2.67 bits per heavy atom. The maximum absolute atomic E-state index is 13.0. The van der Waals surface area contributed by atoms with Gasteiger partial charge in [0.15, 0.2) is 5.82 Å². The second kappa shape index (κ2) is 6.35. The van der Waals surface area contributed by atoms with Gasteiger partial charge in [0.05, 0.1) is 12.5 Å². The fourth-order valence-corrected chi connectivity index (χ4v) is 2.55. The zero-order chi connectivity index (χ0) is 17.3. The van der Waals surface area contributed by atoms with Crippen LogP contribution in [0.1, 0.15) is 35.7 Å². The summed E-state index contributed by atoms with van der Waals surface area (Å²) in [5.41, 5.74) is 2.60. The number of halogens is 1. The summed E-state index contributed by atoms with van der Waals surface area (Å²) in [7, 11) is 0. The smallest absolute Gasteiger partial charge is 0.252 e. The summed E-state index contributed by atoms with van der Waals surface area (Å²) < 4.78 is 14.6. The van der Waals surface area contributed by atoms with Crippen LogP contribution >= 0.6 is 0 Å². The second-order valence-corrected chi connectivity index (χ2v) is 5.80. The van der Waals surface area contributed by atoms with Gasteiger partial charge in [-0.1, -0.05) is 12.1 Å². The van der Waals surface area contributed by atoms with Gasteiger partial charge in [-0.25, -0.2) is 13.9 Å². The Kier molecular flexibility index (Phi) is 4.24. The van der Waals surface area contributed by atoms with Crippen LogP contribution in [0.5, 0.6) is 0 Å². The van der Waals surface area contributed by atoms with Gasteiger partial charge in [0.2, 0.25) is 5.91 Å². The van der Waals surface area contributed by atoms with Gasteiger partial charge in [0, 0.05) is 11.4 Å². The van der Waals surface area contributed by atoms with Crippen molar-refractivity contribution in [2.75, 3.05) is 0 Å². The van der Waals surface area contributed by atoms with Crippen molar-refractivity contribution in [3.8, 4) is 0 Å². The summed E-state index contributed by atoms with van der Waals surface area (Å²) >= 11 is 0. The monoisotopic (exact) mass is 327 g/mol. The lowest BCUT2D eigenvalue weighted by Gasteiger charge is -2.13. The van der Waals surface area contributed by atoms with E-state index in [-0.39, 0.29) is 24.2 Å². The van der Waals surface area contributed by atoms with E-state index in [1.165, 1.54) is 12.1 Å². The van der Waals surface area contributed by atoms with Gasteiger partial charge in [-0.15, -0.1) is 5.10 Å². The van der Waals surface area contributed by atoms with E-state index in [9.17, 15) is 9.18 Å². The molecule has 3 aromatic rings. The number of nitrogens with one attached hydrogen (secondary N) is 1. The quantitative estimate of drug-likeness (QED) is 0.798. The van der Waals surface area contributed by atoms with E-state index >= 15 is 0 Å². The third-order valence-electron chi connectivity index (χ3n) is 3.73. The molecule has 124 valence electrons. The lowest BCUT2D eigenvalue weighted by molar-refractivity contribution is -0.121. The molecule has 0 unspecified atom stereocenters. The average Bonchev–Trinajstić information content (AvgIpc) is 2.90. The van der Waals surface area contributed by atoms with Gasteiger partial charge >= 0.3 is 0 Å². The highest BCUT2D eigenvalue weighted by Crippen LogP contribution is 2.13. The highest BCUT2D eigenvalue weighted by Gasteiger charge is 2.14. The molecule has 0 bridgehead atoms. The molecule has 0 fully saturated rings. The minimum atomic E-state index is -0.302. The van der Waals surface area contributed by atoms with Crippen LogP contribution in [0.2, 0.25) is 0 Å². The Bertz CT molecular complexity index is 888. The van der Waals surface area contributed by atoms with Gasteiger partial charge in [-0.2, -0.15) is 4.98 Å². The van der Waals surface area contributed by atoms with E-state index in [1.54, 1.807) is 16.6 Å². The Hall–Kier alpha value is -2.83. The maximum Gasteiger partial charge on any atom is 0.252 e. The SMILES string of the molecule is Cc1cc(C)n2nc(CC(=O)N[C@H](C)c3ccc(F)cc3)nc2n1. The number of rotatable bonds is 4. The number of aromatic nitrogens is 4. The Balaban J connectivity index is 1.70. The summed E-state index contributed by atoms with van der Waals surface area (Å²) in [6, 6.07) is 7.73. The normalized spacial score (nSPS) is 12.3. The summed E-state index contributed by atoms with van der Waals surface area (Å²) in [5, 5.41) is 7.18. The van der Waals surface area contributed by atoms with E-state index in [2.05, 4.69) is 20.4 Å². The average molecular weight is 327 g/mol. The number of benzene rings is 1. The minimum Gasteiger partial charge on any atom is -0.349 e. The molecular formula is C17H18FN5O. The molecule has 0 radical (unpaired) electrons. The number of hydrogen-bond donors (Lipinski definition) is 1. The fraction of sp³-hybridized carbons (Fsp3) is 0.294. The molecule has 0 aliphatic carbocycles. The predicted molar refractivity (Wildman–Crippen MR) is 86.9 cm³/mol. The second-order valence-electron chi connectivity index (χ2n) is 5.80. The molecule has 24 heavy (non-hydrogen) atoms. The Labute approximate surface area is 138 Å². The van der Waals surface area contributed by atoms with Crippen molar-refractivity contribution >= 4 is 11.7 Å². The molecule has 7 heteroatoms. The van der Waals surface area contributed by atoms with Gasteiger partial charge in [-0.3, -0.25) is 4.79 Å². The molecule has 1 atom stereocenters. The van der Waals surface area contributed by atoms with E-state index in [0.717, 1.165) is 17.0 Å². The number of nitrogens with zero attached hydrogens (tertiary/aromatic N) is 4. The van der Waals surface area contributed by atoms with Crippen LogP contribution in [0.15, 0.2) is 30.3 Å². The first kappa shape index (κ1) is 16.0. The summed E-state index contributed by atoms with van der Waals surface area (Å²) in [5.74, 6) is 0.406. The zero-order valence-electron chi connectivity index (χ0n) is 13.7. The van der Waals surface area contributed by atoms with Crippen molar-refractivity contribution in [3.63, 3.8) is 0 Å². The largest absolute Gasteiger partial charge is 0.349 e. The first-order chi connectivity index (χ1) is 11.4. The van der Waals surface area contributed by atoms with Gasteiger partial charge in [0.25, 0.3) is 5.78 Å². The first-order valence-corrected chi connectivity index (χ1v) is 7.67. The number of hydrogen-bond acceptors (Lipinski definition) is 4. The molecule has 0 aliphatic rings. The topological polar surface area (TPSA) is 72.2 Å². The number of amides is 1. The molecule has 0 spiro atoms. The van der Waals surface area contributed by atoms with Crippen molar-refractivity contribution in [3.05, 3.63) is 58.9 Å². The fourth-order valence-electron chi connectivity index (χ4n) is 2.55. The summed E-state index contributed by atoms with van der Waals surface area (Å²) in [6.45, 7) is 5.65. The molecule has 0 aliphatic heterocycles. The first-order valence-electron chi connectivity index (χ1n) is 7.67. The summed E-state index contributed by atoms with van der Waals surface area (Å²) in [4.78, 5) is 20.8. The molecule has 6 nitrogen and oxygen atoms in total. The van der Waals surface area contributed by atoms with Crippen LogP contribution in [0.25, 0.3) is 5.78 Å². The van der Waals surface area contributed by atoms with Crippen molar-refractivity contribution < 1.29 is 9.18 Å². The highest BCUT2D eigenvalue weighted by atomic mass is 19.1. The third kappa shape index (κ3) is 3.40. The zero-order valence-corrected chi connectivity index (χ0v) is 13.7. The number of carbonyl (C=O) groups excluding carboxylic acids is 1.